The van der Waals surface area contributed by atoms with Gasteiger partial charge in [0.05, 0.1) is 19.9 Å². The van der Waals surface area contributed by atoms with Crippen LogP contribution in [0.5, 0.6) is 0 Å². The molecule has 0 aliphatic heterocycles. The van der Waals surface area contributed by atoms with Gasteiger partial charge in [-0.2, -0.15) is 5.26 Å². The van der Waals surface area contributed by atoms with Crippen molar-refractivity contribution in [2.45, 2.75) is 0 Å². The number of carbonyl (C=O) groups excluding carboxylic acids is 1. The minimum Gasteiger partial charge on any atom is -0.320 e. The van der Waals surface area contributed by atoms with Crippen molar-refractivity contribution in [2.24, 2.45) is 0 Å². The predicted molar refractivity (Wildman–Crippen MR) is 78.8 cm³/mol. The number of halogens is 2. The molecular weight excluding hydrogens is 380 g/mol. The van der Waals surface area contributed by atoms with Crippen molar-refractivity contribution in [1.29, 1.82) is 5.26 Å². The molecule has 2 rings (SSSR count). The molecular formula is C12H6Br2N2OS. The van der Waals surface area contributed by atoms with Crippen molar-refractivity contribution < 1.29 is 4.79 Å². The predicted octanol–water partition coefficient (Wildman–Crippen LogP) is 4.40. The number of anilines is 1. The van der Waals surface area contributed by atoms with Crippen molar-refractivity contribution >= 4 is 54.8 Å². The zero-order valence-electron chi connectivity index (χ0n) is 8.91. The first-order valence-electron chi connectivity index (χ1n) is 4.86. The quantitative estimate of drug-likeness (QED) is 0.832. The number of hydrogen-bond donors (Lipinski definition) is 1. The standard InChI is InChI=1S/C12H6Br2N2OS/c13-8-1-2-9(7(5-8)6-15)16-12(17)10-3-4-11(14)18-10/h1-5H,(H,16,17). The van der Waals surface area contributed by atoms with Gasteiger partial charge in [0, 0.05) is 4.47 Å². The molecule has 0 unspecified atom stereocenters. The van der Waals surface area contributed by atoms with Gasteiger partial charge >= 0.3 is 0 Å². The molecule has 90 valence electrons. The van der Waals surface area contributed by atoms with Crippen LogP contribution in [0.2, 0.25) is 0 Å². The average Bonchev–Trinajstić information content (AvgIpc) is 2.78. The zero-order valence-corrected chi connectivity index (χ0v) is 12.9. The van der Waals surface area contributed by atoms with Crippen LogP contribution in [-0.2, 0) is 0 Å². The van der Waals surface area contributed by atoms with Crippen LogP contribution in [0.25, 0.3) is 0 Å². The third kappa shape index (κ3) is 2.99. The summed E-state index contributed by atoms with van der Waals surface area (Å²) in [4.78, 5) is 12.5. The molecule has 0 radical (unpaired) electrons. The first-order valence-corrected chi connectivity index (χ1v) is 7.27. The molecule has 1 aromatic heterocycles. The third-order valence-electron chi connectivity index (χ3n) is 2.15. The van der Waals surface area contributed by atoms with Crippen molar-refractivity contribution in [3.63, 3.8) is 0 Å². The molecule has 1 N–H and O–H groups in total. The van der Waals surface area contributed by atoms with E-state index < -0.39 is 0 Å². The minimum atomic E-state index is -0.218. The van der Waals surface area contributed by atoms with Crippen LogP contribution < -0.4 is 5.32 Å². The summed E-state index contributed by atoms with van der Waals surface area (Å²) < 4.78 is 1.69. The molecule has 0 aliphatic rings. The highest BCUT2D eigenvalue weighted by molar-refractivity contribution is 9.11. The van der Waals surface area contributed by atoms with Crippen molar-refractivity contribution in [2.75, 3.05) is 5.32 Å². The molecule has 0 bridgehead atoms. The van der Waals surface area contributed by atoms with Crippen LogP contribution in [0, 0.1) is 11.3 Å². The molecule has 6 heteroatoms. The minimum absolute atomic E-state index is 0.218. The fourth-order valence-corrected chi connectivity index (χ4v) is 2.98. The van der Waals surface area contributed by atoms with E-state index in [1.165, 1.54) is 11.3 Å². The van der Waals surface area contributed by atoms with Gasteiger partial charge in [0.25, 0.3) is 5.91 Å². The van der Waals surface area contributed by atoms with Gasteiger partial charge in [0.2, 0.25) is 0 Å². The van der Waals surface area contributed by atoms with Crippen molar-refractivity contribution in [1.82, 2.24) is 0 Å². The van der Waals surface area contributed by atoms with Gasteiger partial charge < -0.3 is 5.32 Å². The molecule has 18 heavy (non-hydrogen) atoms. The molecule has 0 atom stereocenters. The van der Waals surface area contributed by atoms with Gasteiger partial charge in [-0.15, -0.1) is 11.3 Å². The number of hydrogen-bond acceptors (Lipinski definition) is 3. The first kappa shape index (κ1) is 13.3. The molecule has 0 spiro atoms. The first-order chi connectivity index (χ1) is 8.60. The lowest BCUT2D eigenvalue weighted by atomic mass is 10.2. The Morgan fingerprint density at radius 1 is 1.28 bits per heavy atom. The average molecular weight is 386 g/mol. The van der Waals surface area contributed by atoms with E-state index in [9.17, 15) is 4.79 Å². The topological polar surface area (TPSA) is 52.9 Å². The van der Waals surface area contributed by atoms with Crippen molar-refractivity contribution in [3.05, 3.63) is 49.0 Å². The summed E-state index contributed by atoms with van der Waals surface area (Å²) in [5, 5.41) is 11.7. The zero-order chi connectivity index (χ0) is 13.1. The monoisotopic (exact) mass is 384 g/mol. The van der Waals surface area contributed by atoms with E-state index in [1.54, 1.807) is 24.3 Å². The Balaban J connectivity index is 2.25. The maximum atomic E-state index is 11.9. The summed E-state index contributed by atoms with van der Waals surface area (Å²) in [6.07, 6.45) is 0. The van der Waals surface area contributed by atoms with Crippen LogP contribution in [0.1, 0.15) is 15.2 Å². The normalized spacial score (nSPS) is 9.83. The highest BCUT2D eigenvalue weighted by atomic mass is 79.9. The molecule has 1 heterocycles. The van der Waals surface area contributed by atoms with Crippen LogP contribution in [0.4, 0.5) is 5.69 Å². The Morgan fingerprint density at radius 2 is 2.06 bits per heavy atom. The SMILES string of the molecule is N#Cc1cc(Br)ccc1NC(=O)c1ccc(Br)s1. The number of thiophene rings is 1. The second-order valence-electron chi connectivity index (χ2n) is 3.36. The summed E-state index contributed by atoms with van der Waals surface area (Å²) >= 11 is 7.93. The van der Waals surface area contributed by atoms with Gasteiger partial charge in [-0.1, -0.05) is 15.9 Å². The van der Waals surface area contributed by atoms with Crippen LogP contribution in [-0.4, -0.2) is 5.91 Å². The lowest BCUT2D eigenvalue weighted by Gasteiger charge is -2.05. The lowest BCUT2D eigenvalue weighted by molar-refractivity contribution is 0.103. The molecule has 0 aliphatic carbocycles. The number of benzene rings is 1. The smallest absolute Gasteiger partial charge is 0.265 e. The molecule has 0 saturated heterocycles. The van der Waals surface area contributed by atoms with E-state index >= 15 is 0 Å². The summed E-state index contributed by atoms with van der Waals surface area (Å²) in [6.45, 7) is 0. The maximum Gasteiger partial charge on any atom is 0.265 e. The van der Waals surface area contributed by atoms with Gasteiger partial charge in [0.1, 0.15) is 6.07 Å². The Morgan fingerprint density at radius 3 is 2.67 bits per heavy atom. The number of nitrogens with one attached hydrogen (secondary N) is 1. The van der Waals surface area contributed by atoms with Crippen molar-refractivity contribution in [3.8, 4) is 6.07 Å². The Bertz CT molecular complexity index is 646. The molecule has 1 aromatic carbocycles. The van der Waals surface area contributed by atoms with E-state index in [-0.39, 0.29) is 5.91 Å². The van der Waals surface area contributed by atoms with Crippen LogP contribution in [0.3, 0.4) is 0 Å². The Hall–Kier alpha value is -1.16. The summed E-state index contributed by atoms with van der Waals surface area (Å²) in [7, 11) is 0. The van der Waals surface area contributed by atoms with E-state index in [0.717, 1.165) is 8.26 Å². The third-order valence-corrected chi connectivity index (χ3v) is 4.26. The molecule has 2 aromatic rings. The number of nitrogens with zero attached hydrogens (tertiary/aromatic N) is 1. The van der Waals surface area contributed by atoms with Gasteiger partial charge in [0.15, 0.2) is 0 Å². The highest BCUT2D eigenvalue weighted by Gasteiger charge is 2.11. The highest BCUT2D eigenvalue weighted by Crippen LogP contribution is 2.25. The van der Waals surface area contributed by atoms with E-state index in [2.05, 4.69) is 37.2 Å². The van der Waals surface area contributed by atoms with E-state index in [4.69, 9.17) is 5.26 Å². The van der Waals surface area contributed by atoms with Gasteiger partial charge in [-0.05, 0) is 46.3 Å². The van der Waals surface area contributed by atoms with E-state index in [0.29, 0.717) is 16.1 Å². The summed E-state index contributed by atoms with van der Waals surface area (Å²) in [5.41, 5.74) is 0.934. The second kappa shape index (κ2) is 5.65. The molecule has 0 fully saturated rings. The Kier molecular flexibility index (Phi) is 4.17. The van der Waals surface area contributed by atoms with Gasteiger partial charge in [-0.25, -0.2) is 0 Å². The molecule has 0 saturated carbocycles. The fraction of sp³-hybridized carbons (Fsp3) is 0. The van der Waals surface area contributed by atoms with Gasteiger partial charge in [-0.3, -0.25) is 4.79 Å². The molecule has 1 amide bonds. The summed E-state index contributed by atoms with van der Waals surface area (Å²) in [5.74, 6) is -0.218. The number of nitriles is 1. The largest absolute Gasteiger partial charge is 0.320 e. The van der Waals surface area contributed by atoms with Crippen LogP contribution >= 0.6 is 43.2 Å². The number of carbonyl (C=O) groups is 1. The second-order valence-corrected chi connectivity index (χ2v) is 6.74. The maximum absolute atomic E-state index is 11.9. The lowest BCUT2D eigenvalue weighted by Crippen LogP contribution is -2.11. The Labute approximate surface area is 125 Å². The number of amides is 1. The van der Waals surface area contributed by atoms with Crippen LogP contribution in [0.15, 0.2) is 38.6 Å². The fourth-order valence-electron chi connectivity index (χ4n) is 1.34. The van der Waals surface area contributed by atoms with E-state index in [1.807, 2.05) is 12.1 Å². The molecule has 3 nitrogen and oxygen atoms in total. The number of rotatable bonds is 2. The summed E-state index contributed by atoms with van der Waals surface area (Å²) in [6, 6.07) is 10.7.